The highest BCUT2D eigenvalue weighted by Crippen LogP contribution is 2.20. The van der Waals surface area contributed by atoms with Gasteiger partial charge in [0.05, 0.1) is 0 Å². The number of nitrogens with one attached hydrogen (secondary N) is 1. The highest BCUT2D eigenvalue weighted by Gasteiger charge is 2.22. The summed E-state index contributed by atoms with van der Waals surface area (Å²) < 4.78 is 0. The zero-order chi connectivity index (χ0) is 13.1. The highest BCUT2D eigenvalue weighted by molar-refractivity contribution is 5.37. The normalized spacial score (nSPS) is 25.4. The van der Waals surface area contributed by atoms with Crippen LogP contribution in [-0.2, 0) is 0 Å². The van der Waals surface area contributed by atoms with Crippen LogP contribution in [0.25, 0.3) is 0 Å². The van der Waals surface area contributed by atoms with Crippen LogP contribution in [0.15, 0.2) is 12.4 Å². The predicted octanol–water partition coefficient (Wildman–Crippen LogP) is 2.49. The van der Waals surface area contributed by atoms with Crippen molar-refractivity contribution < 1.29 is 0 Å². The maximum absolute atomic E-state index is 4.32. The molecule has 0 saturated carbocycles. The smallest absolute Gasteiger partial charge is 0.129 e. The molecule has 2 rings (SSSR count). The Bertz CT molecular complexity index is 391. The molecule has 1 aliphatic heterocycles. The van der Waals surface area contributed by atoms with Crippen molar-refractivity contribution in [1.82, 2.24) is 14.9 Å². The molecule has 2 heterocycles. The van der Waals surface area contributed by atoms with E-state index in [1.807, 2.05) is 0 Å². The summed E-state index contributed by atoms with van der Waals surface area (Å²) in [7, 11) is 2.20. The van der Waals surface area contributed by atoms with E-state index in [0.717, 1.165) is 18.1 Å². The molecule has 100 valence electrons. The first-order chi connectivity index (χ1) is 8.56. The first-order valence-corrected chi connectivity index (χ1v) is 6.85. The standard InChI is InChI=1S/C14H24N4/c1-10(2)13-8-14(16-9-15-13)17-12-5-6-18(4)11(3)7-12/h8-12H,5-7H2,1-4H3,(H,15,16,17). The van der Waals surface area contributed by atoms with Crippen LogP contribution in [0.2, 0.25) is 0 Å². The lowest BCUT2D eigenvalue weighted by atomic mass is 9.99. The number of nitrogens with zero attached hydrogens (tertiary/aromatic N) is 3. The molecule has 4 heteroatoms. The quantitative estimate of drug-likeness (QED) is 0.892. The van der Waals surface area contributed by atoms with Crippen LogP contribution in [-0.4, -0.2) is 40.5 Å². The Hall–Kier alpha value is -1.16. The molecule has 0 bridgehead atoms. The van der Waals surface area contributed by atoms with E-state index in [1.54, 1.807) is 6.33 Å². The molecule has 1 saturated heterocycles. The van der Waals surface area contributed by atoms with E-state index in [1.165, 1.54) is 12.8 Å². The van der Waals surface area contributed by atoms with Crippen molar-refractivity contribution in [1.29, 1.82) is 0 Å². The Kier molecular flexibility index (Phi) is 4.17. The van der Waals surface area contributed by atoms with Crippen molar-refractivity contribution >= 4 is 5.82 Å². The number of aromatic nitrogens is 2. The molecule has 2 atom stereocenters. The zero-order valence-electron chi connectivity index (χ0n) is 11.8. The summed E-state index contributed by atoms with van der Waals surface area (Å²) in [4.78, 5) is 11.0. The summed E-state index contributed by atoms with van der Waals surface area (Å²) in [6.45, 7) is 7.75. The highest BCUT2D eigenvalue weighted by atomic mass is 15.2. The van der Waals surface area contributed by atoms with Crippen molar-refractivity contribution in [2.75, 3.05) is 18.9 Å². The molecule has 0 aliphatic carbocycles. The van der Waals surface area contributed by atoms with Gasteiger partial charge >= 0.3 is 0 Å². The molecule has 0 aromatic carbocycles. The lowest BCUT2D eigenvalue weighted by molar-refractivity contribution is 0.190. The Labute approximate surface area is 110 Å². The van der Waals surface area contributed by atoms with E-state index < -0.39 is 0 Å². The maximum atomic E-state index is 4.32. The Morgan fingerprint density at radius 1 is 1.39 bits per heavy atom. The van der Waals surface area contributed by atoms with Crippen molar-refractivity contribution in [3.05, 3.63) is 18.1 Å². The molecular formula is C14H24N4. The third-order valence-corrected chi connectivity index (χ3v) is 3.84. The Morgan fingerprint density at radius 2 is 2.17 bits per heavy atom. The van der Waals surface area contributed by atoms with Gasteiger partial charge in [-0.3, -0.25) is 0 Å². The fraction of sp³-hybridized carbons (Fsp3) is 0.714. The first kappa shape index (κ1) is 13.3. The summed E-state index contributed by atoms with van der Waals surface area (Å²) >= 11 is 0. The van der Waals surface area contributed by atoms with E-state index in [0.29, 0.717) is 18.0 Å². The van der Waals surface area contributed by atoms with Gasteiger partial charge in [-0.25, -0.2) is 9.97 Å². The monoisotopic (exact) mass is 248 g/mol. The zero-order valence-corrected chi connectivity index (χ0v) is 11.8. The predicted molar refractivity (Wildman–Crippen MR) is 74.9 cm³/mol. The van der Waals surface area contributed by atoms with Crippen LogP contribution < -0.4 is 5.32 Å². The van der Waals surface area contributed by atoms with E-state index in [9.17, 15) is 0 Å². The van der Waals surface area contributed by atoms with Crippen LogP contribution in [0.1, 0.15) is 45.2 Å². The molecule has 1 fully saturated rings. The number of likely N-dealkylation sites (tertiary alicyclic amines) is 1. The van der Waals surface area contributed by atoms with Gasteiger partial charge in [-0.1, -0.05) is 13.8 Å². The van der Waals surface area contributed by atoms with E-state index in [-0.39, 0.29) is 0 Å². The minimum atomic E-state index is 0.449. The fourth-order valence-corrected chi connectivity index (χ4v) is 2.40. The van der Waals surface area contributed by atoms with Crippen molar-refractivity contribution in [2.45, 2.75) is 51.6 Å². The average molecular weight is 248 g/mol. The SMILES string of the molecule is CC(C)c1cc(NC2CCN(C)C(C)C2)ncn1. The van der Waals surface area contributed by atoms with Crippen LogP contribution >= 0.6 is 0 Å². The second-order valence-corrected chi connectivity index (χ2v) is 5.68. The molecule has 18 heavy (non-hydrogen) atoms. The van der Waals surface area contributed by atoms with Crippen molar-refractivity contribution in [2.24, 2.45) is 0 Å². The maximum Gasteiger partial charge on any atom is 0.129 e. The van der Waals surface area contributed by atoms with Gasteiger partial charge in [0.25, 0.3) is 0 Å². The van der Waals surface area contributed by atoms with Gasteiger partial charge in [0.1, 0.15) is 12.1 Å². The minimum absolute atomic E-state index is 0.449. The van der Waals surface area contributed by atoms with Gasteiger partial charge in [0.2, 0.25) is 0 Å². The van der Waals surface area contributed by atoms with Gasteiger partial charge in [0.15, 0.2) is 0 Å². The number of hydrogen-bond acceptors (Lipinski definition) is 4. The summed E-state index contributed by atoms with van der Waals surface area (Å²) in [5.74, 6) is 1.42. The second-order valence-electron chi connectivity index (χ2n) is 5.68. The number of hydrogen-bond donors (Lipinski definition) is 1. The Balaban J connectivity index is 1.99. The molecule has 4 nitrogen and oxygen atoms in total. The molecule has 1 aromatic heterocycles. The van der Waals surface area contributed by atoms with Gasteiger partial charge < -0.3 is 10.2 Å². The van der Waals surface area contributed by atoms with Crippen LogP contribution in [0.3, 0.4) is 0 Å². The lowest BCUT2D eigenvalue weighted by Crippen LogP contribution is -2.42. The topological polar surface area (TPSA) is 41.0 Å². The number of piperidine rings is 1. The van der Waals surface area contributed by atoms with E-state index in [4.69, 9.17) is 0 Å². The summed E-state index contributed by atoms with van der Waals surface area (Å²) in [5, 5.41) is 3.55. The lowest BCUT2D eigenvalue weighted by Gasteiger charge is -2.35. The van der Waals surface area contributed by atoms with Crippen molar-refractivity contribution in [3.63, 3.8) is 0 Å². The van der Waals surface area contributed by atoms with Crippen LogP contribution in [0.5, 0.6) is 0 Å². The summed E-state index contributed by atoms with van der Waals surface area (Å²) in [6, 6.07) is 3.25. The van der Waals surface area contributed by atoms with Crippen molar-refractivity contribution in [3.8, 4) is 0 Å². The van der Waals surface area contributed by atoms with E-state index in [2.05, 4.69) is 54.1 Å². The molecule has 1 aliphatic rings. The largest absolute Gasteiger partial charge is 0.367 e. The minimum Gasteiger partial charge on any atom is -0.367 e. The second kappa shape index (κ2) is 5.65. The number of anilines is 1. The molecule has 1 aromatic rings. The third kappa shape index (κ3) is 3.19. The molecule has 0 amide bonds. The molecule has 2 unspecified atom stereocenters. The molecule has 0 radical (unpaired) electrons. The Morgan fingerprint density at radius 3 is 2.83 bits per heavy atom. The average Bonchev–Trinajstić information content (AvgIpc) is 2.34. The van der Waals surface area contributed by atoms with Crippen LogP contribution in [0, 0.1) is 0 Å². The fourth-order valence-electron chi connectivity index (χ4n) is 2.40. The first-order valence-electron chi connectivity index (χ1n) is 6.85. The summed E-state index contributed by atoms with van der Waals surface area (Å²) in [6.07, 6.45) is 4.02. The van der Waals surface area contributed by atoms with Gasteiger partial charge in [-0.15, -0.1) is 0 Å². The van der Waals surface area contributed by atoms with Gasteiger partial charge in [0, 0.05) is 30.4 Å². The molecule has 0 spiro atoms. The van der Waals surface area contributed by atoms with Gasteiger partial charge in [-0.05, 0) is 32.7 Å². The third-order valence-electron chi connectivity index (χ3n) is 3.84. The van der Waals surface area contributed by atoms with E-state index >= 15 is 0 Å². The molecular weight excluding hydrogens is 224 g/mol. The molecule has 1 N–H and O–H groups in total. The van der Waals surface area contributed by atoms with Crippen LogP contribution in [0.4, 0.5) is 5.82 Å². The summed E-state index contributed by atoms with van der Waals surface area (Å²) in [5.41, 5.74) is 1.11. The van der Waals surface area contributed by atoms with Gasteiger partial charge in [-0.2, -0.15) is 0 Å². The number of rotatable bonds is 3.